The molecule has 1 aromatic carbocycles. The van der Waals surface area contributed by atoms with Crippen LogP contribution in [-0.2, 0) is 0 Å². The van der Waals surface area contributed by atoms with Crippen molar-refractivity contribution in [3.05, 3.63) is 48.1 Å². The molecule has 1 heteroatoms. The Hall–Kier alpha value is -1.50. The molecule has 0 radical (unpaired) electrons. The predicted octanol–water partition coefficient (Wildman–Crippen LogP) is 3.37. The van der Waals surface area contributed by atoms with E-state index in [0.29, 0.717) is 5.75 Å². The van der Waals surface area contributed by atoms with Crippen molar-refractivity contribution in [1.29, 1.82) is 0 Å². The van der Waals surface area contributed by atoms with E-state index in [-0.39, 0.29) is 0 Å². The predicted molar refractivity (Wildman–Crippen MR) is 56.6 cm³/mol. The van der Waals surface area contributed by atoms with Gasteiger partial charge in [-0.05, 0) is 12.5 Å². The minimum atomic E-state index is 0.323. The van der Waals surface area contributed by atoms with Crippen LogP contribution in [0.4, 0.5) is 0 Å². The van der Waals surface area contributed by atoms with Crippen molar-refractivity contribution >= 4 is 6.08 Å². The Morgan fingerprint density at radius 2 is 2.00 bits per heavy atom. The Morgan fingerprint density at radius 3 is 2.69 bits per heavy atom. The average Bonchev–Trinajstić information content (AvgIpc) is 2.15. The van der Waals surface area contributed by atoms with Crippen molar-refractivity contribution in [2.45, 2.75) is 13.3 Å². The fourth-order valence-corrected chi connectivity index (χ4v) is 1.00. The van der Waals surface area contributed by atoms with E-state index in [4.69, 9.17) is 0 Å². The third kappa shape index (κ3) is 3.16. The number of para-hydroxylation sites is 1. The minimum Gasteiger partial charge on any atom is -0.507 e. The molecule has 1 N–H and O–H groups in total. The molecule has 1 aromatic rings. The second-order valence-corrected chi connectivity index (χ2v) is 2.75. The number of rotatable bonds is 3. The Bertz CT molecular complexity index is 311. The van der Waals surface area contributed by atoms with E-state index in [1.54, 1.807) is 6.07 Å². The van der Waals surface area contributed by atoms with Gasteiger partial charge in [0.25, 0.3) is 0 Å². The van der Waals surface area contributed by atoms with E-state index in [1.807, 2.05) is 36.4 Å². The second kappa shape index (κ2) is 5.20. The molecule has 0 aromatic heterocycles. The SMILES string of the molecule is CC/C=C\C=C/c1ccccc1O. The molecular formula is C12H14O. The maximum Gasteiger partial charge on any atom is 0.122 e. The van der Waals surface area contributed by atoms with E-state index in [9.17, 15) is 5.11 Å². The Kier molecular flexibility index (Phi) is 3.83. The largest absolute Gasteiger partial charge is 0.507 e. The highest BCUT2D eigenvalue weighted by atomic mass is 16.3. The van der Waals surface area contributed by atoms with Crippen LogP contribution in [-0.4, -0.2) is 5.11 Å². The maximum absolute atomic E-state index is 9.39. The first-order chi connectivity index (χ1) is 6.34. The summed E-state index contributed by atoms with van der Waals surface area (Å²) in [5.74, 6) is 0.323. The molecule has 0 atom stereocenters. The second-order valence-electron chi connectivity index (χ2n) is 2.75. The van der Waals surface area contributed by atoms with Crippen molar-refractivity contribution in [2.24, 2.45) is 0 Å². The molecule has 0 saturated heterocycles. The monoisotopic (exact) mass is 174 g/mol. The Labute approximate surface area is 79.0 Å². The van der Waals surface area contributed by atoms with Crippen LogP contribution in [0.1, 0.15) is 18.9 Å². The fourth-order valence-electron chi connectivity index (χ4n) is 1.00. The van der Waals surface area contributed by atoms with E-state index in [2.05, 4.69) is 13.0 Å². The van der Waals surface area contributed by atoms with Crippen LogP contribution >= 0.6 is 0 Å². The normalized spacial score (nSPS) is 11.5. The summed E-state index contributed by atoms with van der Waals surface area (Å²) in [7, 11) is 0. The van der Waals surface area contributed by atoms with Gasteiger partial charge in [0, 0.05) is 5.56 Å². The summed E-state index contributed by atoms with van der Waals surface area (Å²) in [6.07, 6.45) is 8.90. The van der Waals surface area contributed by atoms with Crippen molar-refractivity contribution in [3.63, 3.8) is 0 Å². The molecule has 0 aliphatic carbocycles. The summed E-state index contributed by atoms with van der Waals surface area (Å²) in [5, 5.41) is 9.39. The van der Waals surface area contributed by atoms with E-state index >= 15 is 0 Å². The molecule has 0 fully saturated rings. The summed E-state index contributed by atoms with van der Waals surface area (Å²) >= 11 is 0. The van der Waals surface area contributed by atoms with Gasteiger partial charge >= 0.3 is 0 Å². The van der Waals surface area contributed by atoms with Gasteiger partial charge < -0.3 is 5.11 Å². The van der Waals surface area contributed by atoms with Crippen LogP contribution in [0.15, 0.2) is 42.5 Å². The van der Waals surface area contributed by atoms with Gasteiger partial charge in [0.05, 0.1) is 0 Å². The lowest BCUT2D eigenvalue weighted by Crippen LogP contribution is -1.71. The van der Waals surface area contributed by atoms with Gasteiger partial charge in [-0.3, -0.25) is 0 Å². The minimum absolute atomic E-state index is 0.323. The van der Waals surface area contributed by atoms with Gasteiger partial charge in [0.15, 0.2) is 0 Å². The highest BCUT2D eigenvalue weighted by molar-refractivity contribution is 5.57. The molecule has 0 aliphatic rings. The smallest absolute Gasteiger partial charge is 0.122 e. The van der Waals surface area contributed by atoms with Crippen LogP contribution in [0.25, 0.3) is 6.08 Å². The summed E-state index contributed by atoms with van der Waals surface area (Å²) in [6, 6.07) is 7.28. The van der Waals surface area contributed by atoms with Gasteiger partial charge in [-0.15, -0.1) is 0 Å². The quantitative estimate of drug-likeness (QED) is 0.696. The molecule has 0 aliphatic heterocycles. The number of benzene rings is 1. The van der Waals surface area contributed by atoms with Crippen LogP contribution in [0.5, 0.6) is 5.75 Å². The van der Waals surface area contributed by atoms with Crippen molar-refractivity contribution in [3.8, 4) is 5.75 Å². The zero-order valence-corrected chi connectivity index (χ0v) is 7.77. The first kappa shape index (κ1) is 9.59. The molecule has 0 spiro atoms. The molecule has 0 amide bonds. The maximum atomic E-state index is 9.39. The van der Waals surface area contributed by atoms with Gasteiger partial charge in [-0.25, -0.2) is 0 Å². The fraction of sp³-hybridized carbons (Fsp3) is 0.167. The lowest BCUT2D eigenvalue weighted by Gasteiger charge is -1.95. The summed E-state index contributed by atoms with van der Waals surface area (Å²) in [6.45, 7) is 2.09. The number of hydrogen-bond acceptors (Lipinski definition) is 1. The lowest BCUT2D eigenvalue weighted by molar-refractivity contribution is 0.474. The Morgan fingerprint density at radius 1 is 1.23 bits per heavy atom. The van der Waals surface area contributed by atoms with Crippen LogP contribution in [0, 0.1) is 0 Å². The van der Waals surface area contributed by atoms with Crippen molar-refractivity contribution in [1.82, 2.24) is 0 Å². The first-order valence-corrected chi connectivity index (χ1v) is 4.45. The third-order valence-corrected chi connectivity index (χ3v) is 1.70. The molecule has 1 rings (SSSR count). The Balaban J connectivity index is 2.68. The summed E-state index contributed by atoms with van der Waals surface area (Å²) in [4.78, 5) is 0. The van der Waals surface area contributed by atoms with Crippen LogP contribution < -0.4 is 0 Å². The molecule has 0 bridgehead atoms. The molecule has 0 heterocycles. The number of aromatic hydroxyl groups is 1. The first-order valence-electron chi connectivity index (χ1n) is 4.45. The van der Waals surface area contributed by atoms with Gasteiger partial charge in [-0.2, -0.15) is 0 Å². The van der Waals surface area contributed by atoms with E-state index < -0.39 is 0 Å². The van der Waals surface area contributed by atoms with Crippen molar-refractivity contribution in [2.75, 3.05) is 0 Å². The van der Waals surface area contributed by atoms with Crippen molar-refractivity contribution < 1.29 is 5.11 Å². The average molecular weight is 174 g/mol. The zero-order chi connectivity index (χ0) is 9.52. The molecule has 0 unspecified atom stereocenters. The number of phenols is 1. The zero-order valence-electron chi connectivity index (χ0n) is 7.77. The third-order valence-electron chi connectivity index (χ3n) is 1.70. The number of phenolic OH excluding ortho intramolecular Hbond substituents is 1. The van der Waals surface area contributed by atoms with E-state index in [0.717, 1.165) is 12.0 Å². The van der Waals surface area contributed by atoms with Crippen LogP contribution in [0.2, 0.25) is 0 Å². The van der Waals surface area contributed by atoms with Gasteiger partial charge in [0.2, 0.25) is 0 Å². The summed E-state index contributed by atoms with van der Waals surface area (Å²) < 4.78 is 0. The molecule has 68 valence electrons. The van der Waals surface area contributed by atoms with Gasteiger partial charge in [-0.1, -0.05) is 49.4 Å². The summed E-state index contributed by atoms with van der Waals surface area (Å²) in [5.41, 5.74) is 0.850. The molecule has 13 heavy (non-hydrogen) atoms. The molecule has 0 saturated carbocycles. The lowest BCUT2D eigenvalue weighted by atomic mass is 10.2. The number of hydrogen-bond donors (Lipinski definition) is 1. The van der Waals surface area contributed by atoms with Gasteiger partial charge in [0.1, 0.15) is 5.75 Å². The highest BCUT2D eigenvalue weighted by Crippen LogP contribution is 2.16. The highest BCUT2D eigenvalue weighted by Gasteiger charge is 1.91. The topological polar surface area (TPSA) is 20.2 Å². The van der Waals surface area contributed by atoms with Crippen LogP contribution in [0.3, 0.4) is 0 Å². The standard InChI is InChI=1S/C12H14O/c1-2-3-4-5-8-11-9-6-7-10-12(11)13/h3-10,13H,2H2,1H3/b4-3-,8-5-. The molecular weight excluding hydrogens is 160 g/mol. The molecule has 1 nitrogen and oxygen atoms in total. The number of allylic oxidation sites excluding steroid dienone is 3. The van der Waals surface area contributed by atoms with E-state index in [1.165, 1.54) is 0 Å².